The van der Waals surface area contributed by atoms with E-state index in [1.165, 1.54) is 6.26 Å². The zero-order valence-corrected chi connectivity index (χ0v) is 15.3. The topological polar surface area (TPSA) is 76.4 Å². The predicted octanol–water partition coefficient (Wildman–Crippen LogP) is 3.42. The number of hydrogen-bond donors (Lipinski definition) is 1. The third-order valence-electron chi connectivity index (χ3n) is 4.47. The minimum Gasteiger partial charge on any atom is -0.461 e. The van der Waals surface area contributed by atoms with Crippen LogP contribution in [0.25, 0.3) is 0 Å². The lowest BCUT2D eigenvalue weighted by molar-refractivity contribution is -0.141. The van der Waals surface area contributed by atoms with Crippen molar-refractivity contribution in [2.75, 3.05) is 0 Å². The van der Waals surface area contributed by atoms with Crippen LogP contribution in [-0.2, 0) is 15.0 Å². The largest absolute Gasteiger partial charge is 0.461 e. The molecule has 0 spiro atoms. The Bertz CT molecular complexity index is 805. The van der Waals surface area contributed by atoms with Crippen molar-refractivity contribution < 1.29 is 18.8 Å². The molecule has 0 aliphatic heterocycles. The van der Waals surface area contributed by atoms with Crippen LogP contribution in [0.15, 0.2) is 51.6 Å². The van der Waals surface area contributed by atoms with Crippen LogP contribution < -0.4 is 5.32 Å². The zero-order chi connectivity index (χ0) is 18.0. The van der Waals surface area contributed by atoms with E-state index < -0.39 is 5.41 Å². The SMILES string of the molecule is C[C@H](CC(=O)c1ccco1)NC(=O)C1(c2cccc(Br)c2)CC(=O)C1. The van der Waals surface area contributed by atoms with Gasteiger partial charge in [0.2, 0.25) is 5.91 Å². The molecule has 0 saturated heterocycles. The van der Waals surface area contributed by atoms with Gasteiger partial charge in [0.05, 0.1) is 11.7 Å². The van der Waals surface area contributed by atoms with Crippen molar-refractivity contribution in [3.8, 4) is 0 Å². The molecule has 1 aromatic heterocycles. The van der Waals surface area contributed by atoms with Crippen LogP contribution in [0, 0.1) is 0 Å². The van der Waals surface area contributed by atoms with Gasteiger partial charge in [-0.05, 0) is 36.8 Å². The van der Waals surface area contributed by atoms with E-state index in [0.29, 0.717) is 0 Å². The van der Waals surface area contributed by atoms with E-state index in [9.17, 15) is 14.4 Å². The minimum absolute atomic E-state index is 0.0643. The second-order valence-electron chi connectivity index (χ2n) is 6.46. The molecule has 6 heteroatoms. The summed E-state index contributed by atoms with van der Waals surface area (Å²) in [6.07, 6.45) is 1.96. The lowest BCUT2D eigenvalue weighted by Crippen LogP contribution is -2.55. The van der Waals surface area contributed by atoms with E-state index >= 15 is 0 Å². The third kappa shape index (κ3) is 3.58. The van der Waals surface area contributed by atoms with Gasteiger partial charge in [0.15, 0.2) is 11.5 Å². The Kier molecular flexibility index (Phi) is 4.90. The first-order valence-electron chi connectivity index (χ1n) is 8.06. The van der Waals surface area contributed by atoms with Crippen molar-refractivity contribution in [2.24, 2.45) is 0 Å². The van der Waals surface area contributed by atoms with E-state index in [2.05, 4.69) is 21.2 Å². The first-order chi connectivity index (χ1) is 11.9. The molecule has 1 saturated carbocycles. The summed E-state index contributed by atoms with van der Waals surface area (Å²) in [7, 11) is 0. The summed E-state index contributed by atoms with van der Waals surface area (Å²) in [6, 6.07) is 10.3. The van der Waals surface area contributed by atoms with Crippen molar-refractivity contribution in [1.82, 2.24) is 5.32 Å². The van der Waals surface area contributed by atoms with Crippen LogP contribution in [0.4, 0.5) is 0 Å². The second-order valence-corrected chi connectivity index (χ2v) is 7.38. The fourth-order valence-electron chi connectivity index (χ4n) is 3.13. The Morgan fingerprint density at radius 2 is 2.04 bits per heavy atom. The number of Topliss-reactive ketones (excluding diaryl/α,β-unsaturated/α-hetero) is 2. The fourth-order valence-corrected chi connectivity index (χ4v) is 3.53. The number of nitrogens with one attached hydrogen (secondary N) is 1. The van der Waals surface area contributed by atoms with Crippen molar-refractivity contribution in [1.29, 1.82) is 0 Å². The molecule has 25 heavy (non-hydrogen) atoms. The number of carbonyl (C=O) groups excluding carboxylic acids is 3. The van der Waals surface area contributed by atoms with Crippen molar-refractivity contribution in [3.05, 3.63) is 58.5 Å². The summed E-state index contributed by atoms with van der Waals surface area (Å²) in [4.78, 5) is 36.6. The normalized spacial score (nSPS) is 16.8. The van der Waals surface area contributed by atoms with Crippen LogP contribution in [0.2, 0.25) is 0 Å². The van der Waals surface area contributed by atoms with E-state index in [4.69, 9.17) is 4.42 Å². The first-order valence-corrected chi connectivity index (χ1v) is 8.85. The van der Waals surface area contributed by atoms with Gasteiger partial charge in [0.1, 0.15) is 5.78 Å². The molecule has 0 bridgehead atoms. The van der Waals surface area contributed by atoms with Gasteiger partial charge in [-0.25, -0.2) is 0 Å². The molecule has 130 valence electrons. The third-order valence-corrected chi connectivity index (χ3v) is 4.97. The monoisotopic (exact) mass is 403 g/mol. The average molecular weight is 404 g/mol. The molecule has 1 atom stereocenters. The zero-order valence-electron chi connectivity index (χ0n) is 13.8. The highest BCUT2D eigenvalue weighted by Gasteiger charge is 2.51. The summed E-state index contributed by atoms with van der Waals surface area (Å²) in [5, 5.41) is 2.89. The number of ketones is 2. The predicted molar refractivity (Wildman–Crippen MR) is 95.3 cm³/mol. The molecule has 5 nitrogen and oxygen atoms in total. The summed E-state index contributed by atoms with van der Waals surface area (Å²) in [5.74, 6) is -0.0417. The Morgan fingerprint density at radius 1 is 1.28 bits per heavy atom. The van der Waals surface area contributed by atoms with Gasteiger partial charge in [-0.2, -0.15) is 0 Å². The molecule has 0 radical (unpaired) electrons. The van der Waals surface area contributed by atoms with Crippen molar-refractivity contribution >= 4 is 33.4 Å². The molecule has 1 aliphatic carbocycles. The van der Waals surface area contributed by atoms with Crippen LogP contribution in [0.1, 0.15) is 42.3 Å². The maximum absolute atomic E-state index is 12.9. The lowest BCUT2D eigenvalue weighted by Gasteiger charge is -2.40. The van der Waals surface area contributed by atoms with Gasteiger partial charge >= 0.3 is 0 Å². The smallest absolute Gasteiger partial charge is 0.231 e. The number of furan rings is 1. The highest BCUT2D eigenvalue weighted by Crippen LogP contribution is 2.42. The van der Waals surface area contributed by atoms with Gasteiger partial charge in [-0.15, -0.1) is 0 Å². The van der Waals surface area contributed by atoms with Gasteiger partial charge in [-0.3, -0.25) is 14.4 Å². The summed E-state index contributed by atoms with van der Waals surface area (Å²) in [5.41, 5.74) is -0.0356. The molecular formula is C19H18BrNO4. The summed E-state index contributed by atoms with van der Waals surface area (Å²) in [6.45, 7) is 1.77. The first kappa shape index (κ1) is 17.6. The molecule has 1 heterocycles. The molecule has 0 unspecified atom stereocenters. The quantitative estimate of drug-likeness (QED) is 0.749. The molecule has 1 N–H and O–H groups in total. The number of benzene rings is 1. The van der Waals surface area contributed by atoms with E-state index in [1.54, 1.807) is 19.1 Å². The van der Waals surface area contributed by atoms with Crippen LogP contribution in [0.3, 0.4) is 0 Å². The molecule has 1 aliphatic rings. The average Bonchev–Trinajstić information content (AvgIpc) is 3.05. The molecule has 1 fully saturated rings. The minimum atomic E-state index is -0.844. The molecule has 2 aromatic rings. The van der Waals surface area contributed by atoms with Crippen LogP contribution in [-0.4, -0.2) is 23.5 Å². The standard InChI is InChI=1S/C19H18BrNO4/c1-12(8-16(23)17-6-3-7-25-17)21-18(24)19(10-15(22)11-19)13-4-2-5-14(20)9-13/h2-7,9,12H,8,10-11H2,1H3,(H,21,24)/t12-/m1/s1. The highest BCUT2D eigenvalue weighted by atomic mass is 79.9. The Morgan fingerprint density at radius 3 is 2.64 bits per heavy atom. The van der Waals surface area contributed by atoms with Crippen LogP contribution >= 0.6 is 15.9 Å². The Balaban J connectivity index is 1.71. The number of rotatable bonds is 6. The van der Waals surface area contributed by atoms with E-state index in [-0.39, 0.29) is 48.5 Å². The maximum atomic E-state index is 12.9. The van der Waals surface area contributed by atoms with E-state index in [1.807, 2.05) is 24.3 Å². The Labute approximate surface area is 153 Å². The van der Waals surface area contributed by atoms with Crippen LogP contribution in [0.5, 0.6) is 0 Å². The number of hydrogen-bond acceptors (Lipinski definition) is 4. The number of carbonyl (C=O) groups is 3. The summed E-state index contributed by atoms with van der Waals surface area (Å²) >= 11 is 3.41. The highest BCUT2D eigenvalue weighted by molar-refractivity contribution is 9.10. The van der Waals surface area contributed by atoms with Gasteiger partial charge in [0.25, 0.3) is 0 Å². The Hall–Kier alpha value is -2.21. The van der Waals surface area contributed by atoms with Gasteiger partial charge in [0, 0.05) is 29.8 Å². The summed E-state index contributed by atoms with van der Waals surface area (Å²) < 4.78 is 5.94. The van der Waals surface area contributed by atoms with Gasteiger partial charge < -0.3 is 9.73 Å². The van der Waals surface area contributed by atoms with Gasteiger partial charge in [-0.1, -0.05) is 28.1 Å². The second kappa shape index (κ2) is 6.96. The molecule has 3 rings (SSSR count). The molecule has 1 amide bonds. The van der Waals surface area contributed by atoms with Crippen molar-refractivity contribution in [3.63, 3.8) is 0 Å². The maximum Gasteiger partial charge on any atom is 0.231 e. The molecular weight excluding hydrogens is 386 g/mol. The number of halogens is 1. The van der Waals surface area contributed by atoms with Crippen molar-refractivity contribution in [2.45, 2.75) is 37.6 Å². The molecule has 1 aromatic carbocycles. The number of amides is 1. The van der Waals surface area contributed by atoms with E-state index in [0.717, 1.165) is 10.0 Å². The lowest BCUT2D eigenvalue weighted by atomic mass is 9.63. The fraction of sp³-hybridized carbons (Fsp3) is 0.316.